The van der Waals surface area contributed by atoms with Crippen molar-refractivity contribution in [1.82, 2.24) is 15.5 Å². The van der Waals surface area contributed by atoms with Gasteiger partial charge in [-0.2, -0.15) is 5.10 Å². The Morgan fingerprint density at radius 3 is 2.82 bits per heavy atom. The highest BCUT2D eigenvalue weighted by Gasteiger charge is 2.16. The second-order valence-corrected chi connectivity index (χ2v) is 5.62. The Labute approximate surface area is 128 Å². The summed E-state index contributed by atoms with van der Waals surface area (Å²) < 4.78 is 13.5. The molecule has 0 saturated heterocycles. The van der Waals surface area contributed by atoms with E-state index < -0.39 is 17.8 Å². The molecule has 1 atom stereocenters. The summed E-state index contributed by atoms with van der Waals surface area (Å²) >= 11 is 0. The van der Waals surface area contributed by atoms with Gasteiger partial charge in [0.1, 0.15) is 11.5 Å². The number of carbonyl (C=O) groups excluding carboxylic acids is 1. The third-order valence-corrected chi connectivity index (χ3v) is 3.21. The lowest BCUT2D eigenvalue weighted by molar-refractivity contribution is 0.0909. The van der Waals surface area contributed by atoms with Crippen molar-refractivity contribution in [1.29, 1.82) is 0 Å². The van der Waals surface area contributed by atoms with Crippen molar-refractivity contribution in [3.05, 3.63) is 53.1 Å². The first-order valence-corrected chi connectivity index (χ1v) is 7.22. The van der Waals surface area contributed by atoms with Gasteiger partial charge in [-0.1, -0.05) is 32.0 Å². The molecule has 1 amide bonds. The molecule has 0 aliphatic carbocycles. The van der Waals surface area contributed by atoms with E-state index in [-0.39, 0.29) is 17.8 Å². The summed E-state index contributed by atoms with van der Waals surface area (Å²) in [6.45, 7) is 4.07. The number of halogens is 1. The average Bonchev–Trinajstić information content (AvgIpc) is 2.92. The first-order valence-electron chi connectivity index (χ1n) is 7.22. The van der Waals surface area contributed by atoms with E-state index in [0.29, 0.717) is 5.92 Å². The molecule has 5 nitrogen and oxygen atoms in total. The summed E-state index contributed by atoms with van der Waals surface area (Å²) in [6.07, 6.45) is -0.294. The molecule has 0 radical (unpaired) electrons. The number of hydrogen-bond donors (Lipinski definition) is 3. The van der Waals surface area contributed by atoms with E-state index in [0.717, 1.165) is 12.1 Å². The van der Waals surface area contributed by atoms with Gasteiger partial charge in [0.2, 0.25) is 0 Å². The number of aliphatic hydroxyl groups is 1. The van der Waals surface area contributed by atoms with Crippen LogP contribution in [0.5, 0.6) is 0 Å². The molecule has 1 heterocycles. The molecule has 3 N–H and O–H groups in total. The van der Waals surface area contributed by atoms with Crippen LogP contribution in [0.3, 0.4) is 0 Å². The molecule has 0 fully saturated rings. The number of rotatable bonds is 6. The smallest absolute Gasteiger partial charge is 0.271 e. The van der Waals surface area contributed by atoms with Gasteiger partial charge in [0.25, 0.3) is 5.91 Å². The first-order chi connectivity index (χ1) is 10.5. The zero-order valence-corrected chi connectivity index (χ0v) is 12.6. The summed E-state index contributed by atoms with van der Waals surface area (Å²) in [4.78, 5) is 12.0. The molecule has 0 aliphatic rings. The van der Waals surface area contributed by atoms with E-state index in [9.17, 15) is 14.3 Å². The Hall–Kier alpha value is -2.21. The fourth-order valence-electron chi connectivity index (χ4n) is 2.16. The van der Waals surface area contributed by atoms with Crippen LogP contribution in [0.4, 0.5) is 4.39 Å². The van der Waals surface area contributed by atoms with E-state index in [2.05, 4.69) is 29.4 Å². The number of nitrogens with one attached hydrogen (secondary N) is 2. The average molecular weight is 305 g/mol. The summed E-state index contributed by atoms with van der Waals surface area (Å²) in [5, 5.41) is 19.2. The fraction of sp³-hybridized carbons (Fsp3) is 0.375. The molecule has 0 aliphatic heterocycles. The predicted molar refractivity (Wildman–Crippen MR) is 80.8 cm³/mol. The van der Waals surface area contributed by atoms with Crippen LogP contribution in [0.25, 0.3) is 0 Å². The van der Waals surface area contributed by atoms with Crippen LogP contribution in [0.1, 0.15) is 41.7 Å². The zero-order chi connectivity index (χ0) is 16.1. The number of aliphatic hydroxyl groups excluding tert-OH is 1. The summed E-state index contributed by atoms with van der Waals surface area (Å²) in [7, 11) is 0. The van der Waals surface area contributed by atoms with Gasteiger partial charge in [-0.3, -0.25) is 9.89 Å². The Morgan fingerprint density at radius 1 is 1.41 bits per heavy atom. The van der Waals surface area contributed by atoms with Crippen LogP contribution in [-0.4, -0.2) is 27.8 Å². The third kappa shape index (κ3) is 4.14. The molecule has 1 aromatic heterocycles. The SMILES string of the molecule is CC(C)Cc1cc(C(=O)NCC(O)c2ccccc2F)n[nH]1. The molecule has 2 aromatic rings. The van der Waals surface area contributed by atoms with Gasteiger partial charge in [0.15, 0.2) is 0 Å². The van der Waals surface area contributed by atoms with E-state index >= 15 is 0 Å². The third-order valence-electron chi connectivity index (χ3n) is 3.21. The molecule has 0 spiro atoms. The molecule has 118 valence electrons. The number of nitrogens with zero attached hydrogens (tertiary/aromatic N) is 1. The molecular formula is C16H20FN3O2. The number of carbonyl (C=O) groups is 1. The first kappa shape index (κ1) is 16.2. The standard InChI is InChI=1S/C16H20FN3O2/c1-10(2)7-11-8-14(20-19-11)16(22)18-9-15(21)12-5-3-4-6-13(12)17/h3-6,8,10,15,21H,7,9H2,1-2H3,(H,18,22)(H,19,20). The number of aromatic nitrogens is 2. The lowest BCUT2D eigenvalue weighted by atomic mass is 10.1. The molecule has 0 saturated carbocycles. The highest BCUT2D eigenvalue weighted by molar-refractivity contribution is 5.92. The number of H-pyrrole nitrogens is 1. The topological polar surface area (TPSA) is 78.0 Å². The Bertz CT molecular complexity index is 640. The molecule has 1 aromatic carbocycles. The quantitative estimate of drug-likeness (QED) is 0.765. The Morgan fingerprint density at radius 2 is 2.14 bits per heavy atom. The minimum atomic E-state index is -1.10. The summed E-state index contributed by atoms with van der Waals surface area (Å²) in [5.41, 5.74) is 1.30. The van der Waals surface area contributed by atoms with Gasteiger partial charge in [-0.25, -0.2) is 4.39 Å². The maximum atomic E-state index is 13.5. The molecular weight excluding hydrogens is 285 g/mol. The van der Waals surface area contributed by atoms with Crippen molar-refractivity contribution in [2.24, 2.45) is 5.92 Å². The minimum absolute atomic E-state index is 0.0772. The van der Waals surface area contributed by atoms with Crippen molar-refractivity contribution in [2.75, 3.05) is 6.54 Å². The van der Waals surface area contributed by atoms with E-state index in [1.165, 1.54) is 12.1 Å². The fourth-order valence-corrected chi connectivity index (χ4v) is 2.16. The molecule has 6 heteroatoms. The Balaban J connectivity index is 1.92. The van der Waals surface area contributed by atoms with E-state index in [4.69, 9.17) is 0 Å². The zero-order valence-electron chi connectivity index (χ0n) is 12.6. The minimum Gasteiger partial charge on any atom is -0.386 e. The van der Waals surface area contributed by atoms with Crippen LogP contribution in [-0.2, 0) is 6.42 Å². The number of hydrogen-bond acceptors (Lipinski definition) is 3. The van der Waals surface area contributed by atoms with Gasteiger partial charge in [0, 0.05) is 17.8 Å². The van der Waals surface area contributed by atoms with Gasteiger partial charge >= 0.3 is 0 Å². The maximum absolute atomic E-state index is 13.5. The normalized spacial score (nSPS) is 12.4. The van der Waals surface area contributed by atoms with Gasteiger partial charge < -0.3 is 10.4 Å². The van der Waals surface area contributed by atoms with Crippen LogP contribution >= 0.6 is 0 Å². The van der Waals surface area contributed by atoms with Crippen molar-refractivity contribution >= 4 is 5.91 Å². The number of amides is 1. The van der Waals surface area contributed by atoms with Crippen LogP contribution in [0, 0.1) is 11.7 Å². The second kappa shape index (κ2) is 7.17. The van der Waals surface area contributed by atoms with E-state index in [1.807, 2.05) is 0 Å². The largest absolute Gasteiger partial charge is 0.386 e. The van der Waals surface area contributed by atoms with Crippen LogP contribution < -0.4 is 5.32 Å². The van der Waals surface area contributed by atoms with Crippen LogP contribution in [0.2, 0.25) is 0 Å². The highest BCUT2D eigenvalue weighted by atomic mass is 19.1. The predicted octanol–water partition coefficient (Wildman–Crippen LogP) is 2.21. The Kier molecular flexibility index (Phi) is 5.27. The van der Waals surface area contributed by atoms with Crippen molar-refractivity contribution < 1.29 is 14.3 Å². The number of benzene rings is 1. The summed E-state index contributed by atoms with van der Waals surface area (Å²) in [6, 6.07) is 7.62. The molecule has 2 rings (SSSR count). The van der Waals surface area contributed by atoms with Gasteiger partial charge in [-0.15, -0.1) is 0 Å². The monoisotopic (exact) mass is 305 g/mol. The lowest BCUT2D eigenvalue weighted by Crippen LogP contribution is -2.29. The molecule has 0 bridgehead atoms. The van der Waals surface area contributed by atoms with Crippen molar-refractivity contribution in [2.45, 2.75) is 26.4 Å². The van der Waals surface area contributed by atoms with Crippen molar-refractivity contribution in [3.8, 4) is 0 Å². The van der Waals surface area contributed by atoms with Crippen LogP contribution in [0.15, 0.2) is 30.3 Å². The second-order valence-electron chi connectivity index (χ2n) is 5.62. The number of aromatic amines is 1. The highest BCUT2D eigenvalue weighted by Crippen LogP contribution is 2.15. The lowest BCUT2D eigenvalue weighted by Gasteiger charge is -2.12. The van der Waals surface area contributed by atoms with Gasteiger partial charge in [-0.05, 0) is 24.5 Å². The summed E-state index contributed by atoms with van der Waals surface area (Å²) in [5.74, 6) is -0.441. The van der Waals surface area contributed by atoms with Gasteiger partial charge in [0.05, 0.1) is 6.10 Å². The molecule has 1 unspecified atom stereocenters. The maximum Gasteiger partial charge on any atom is 0.271 e. The van der Waals surface area contributed by atoms with E-state index in [1.54, 1.807) is 18.2 Å². The molecule has 22 heavy (non-hydrogen) atoms. The van der Waals surface area contributed by atoms with Crippen molar-refractivity contribution in [3.63, 3.8) is 0 Å².